The number of fused-ring (bicyclic) bond motifs is 12. The molecule has 99 heavy (non-hydrogen) atoms. The van der Waals surface area contributed by atoms with E-state index in [1.807, 2.05) is 170 Å². The summed E-state index contributed by atoms with van der Waals surface area (Å²) in [5, 5.41) is 11.3. The molecule has 0 radical (unpaired) electrons. The first-order chi connectivity index (χ1) is 48.9. The number of benzene rings is 15. The van der Waals surface area contributed by atoms with Crippen LogP contribution in [0.15, 0.2) is 342 Å². The molecule has 15 aromatic carbocycles. The van der Waals surface area contributed by atoms with Crippen molar-refractivity contribution in [3.8, 4) is 66.8 Å². The molecule has 462 valence electrons. The van der Waals surface area contributed by atoms with Gasteiger partial charge in [0.05, 0.1) is 33.1 Å². The molecule has 21 rings (SSSR count). The first kappa shape index (κ1) is 57.0. The lowest BCUT2D eigenvalue weighted by Crippen LogP contribution is -2.13. The van der Waals surface area contributed by atoms with Crippen molar-refractivity contribution in [3.05, 3.63) is 359 Å². The summed E-state index contributed by atoms with van der Waals surface area (Å²) in [6, 6.07) is 111. The van der Waals surface area contributed by atoms with Crippen LogP contribution >= 0.6 is 0 Å². The van der Waals surface area contributed by atoms with E-state index in [1.165, 1.54) is 0 Å². The van der Waals surface area contributed by atoms with E-state index in [-0.39, 0.29) is 16.7 Å². The number of imidazole rings is 3. The average Bonchev–Trinajstić information content (AvgIpc) is 1.65. The number of rotatable bonds is 6. The minimum absolute atomic E-state index is 0.0264. The van der Waals surface area contributed by atoms with Crippen molar-refractivity contribution < 1.29 is 0 Å². The maximum absolute atomic E-state index is 13.8. The Morgan fingerprint density at radius 2 is 0.626 bits per heavy atom. The molecule has 21 aromatic rings. The molecule has 0 aliphatic rings. The van der Waals surface area contributed by atoms with Crippen LogP contribution in [0.4, 0.5) is 0 Å². The second-order valence-corrected chi connectivity index (χ2v) is 25.2. The highest BCUT2D eigenvalue weighted by Crippen LogP contribution is 2.41. The van der Waals surface area contributed by atoms with Crippen molar-refractivity contribution in [1.82, 2.24) is 28.2 Å². The molecule has 0 saturated carbocycles. The summed E-state index contributed by atoms with van der Waals surface area (Å²) in [4.78, 5) is 56.3. The zero-order valence-corrected chi connectivity index (χ0v) is 53.1. The van der Waals surface area contributed by atoms with Gasteiger partial charge < -0.3 is 0 Å². The van der Waals surface area contributed by atoms with Crippen LogP contribution in [-0.2, 0) is 0 Å². The molecule has 9 nitrogen and oxygen atoms in total. The molecule has 0 aliphatic carbocycles. The maximum atomic E-state index is 13.8. The zero-order chi connectivity index (χ0) is 65.8. The minimum atomic E-state index is -0.0268. The summed E-state index contributed by atoms with van der Waals surface area (Å²) in [6.07, 6.45) is 0. The van der Waals surface area contributed by atoms with Crippen molar-refractivity contribution >= 4 is 115 Å². The van der Waals surface area contributed by atoms with Gasteiger partial charge in [0, 0.05) is 54.0 Å². The molecule has 0 bridgehead atoms. The van der Waals surface area contributed by atoms with E-state index in [1.54, 1.807) is 13.2 Å². The van der Waals surface area contributed by atoms with Crippen LogP contribution in [0.1, 0.15) is 0 Å². The quantitative estimate of drug-likeness (QED) is 0.164. The molecule has 0 spiro atoms. The van der Waals surface area contributed by atoms with Gasteiger partial charge in [-0.25, -0.2) is 15.0 Å². The number of pyridine rings is 3. The van der Waals surface area contributed by atoms with Crippen LogP contribution in [0.25, 0.3) is 181 Å². The summed E-state index contributed by atoms with van der Waals surface area (Å²) in [6.45, 7) is 0. The Balaban J connectivity index is 0.000000104. The predicted octanol–water partition coefficient (Wildman–Crippen LogP) is 20.8. The molecule has 0 atom stereocenters. The topological polar surface area (TPSA) is 103 Å². The molecular weight excluding hydrogens is 1210 g/mol. The van der Waals surface area contributed by atoms with Gasteiger partial charge in [-0.3, -0.25) is 27.6 Å². The number of hydrogen-bond acceptors (Lipinski definition) is 6. The van der Waals surface area contributed by atoms with Gasteiger partial charge in [0.15, 0.2) is 0 Å². The molecule has 0 amide bonds. The molecule has 6 heterocycles. The molecule has 0 unspecified atom stereocenters. The molecule has 9 heteroatoms. The molecule has 0 saturated heterocycles. The van der Waals surface area contributed by atoms with Gasteiger partial charge in [-0.05, 0) is 144 Å². The lowest BCUT2D eigenvalue weighted by atomic mass is 9.94. The molecule has 0 fully saturated rings. The summed E-state index contributed by atoms with van der Waals surface area (Å²) < 4.78 is 5.33. The SMILES string of the molecule is O=c1c2cc(-c3ccccc3)cc3cccc(c32)c2nc3cc(-c4ccccc4)ccc3n12.O=c1c2cccc3c(-c4ccccc4)ccc(c32)c2nc3c(-c4ccccc4)cccc3n12.O=c1c2cccc3c(-c4ccccc4)ccc(c32)c2nc3ccc(-c4ccccc4)cc3n12. The molecule has 0 aliphatic heterocycles. The third-order valence-electron chi connectivity index (χ3n) is 19.7. The van der Waals surface area contributed by atoms with Crippen LogP contribution in [0.3, 0.4) is 0 Å². The Morgan fingerprint density at radius 3 is 1.19 bits per heavy atom. The van der Waals surface area contributed by atoms with E-state index in [0.29, 0.717) is 16.9 Å². The van der Waals surface area contributed by atoms with Gasteiger partial charge in [0.2, 0.25) is 0 Å². The number of hydrogen-bond donors (Lipinski definition) is 0. The van der Waals surface area contributed by atoms with Crippen molar-refractivity contribution in [2.75, 3.05) is 0 Å². The highest BCUT2D eigenvalue weighted by Gasteiger charge is 2.23. The standard InChI is InChI=1S/3C30H18N2O/c33-30-25-15-7-14-23-21(19-9-3-1-4-10-19)17-18-24(27(23)25)29-31-28-22(20-11-5-2-6-12-20)13-8-16-26(28)32(29)30;33-30-25-13-7-12-23-22(20-10-5-2-6-11-20)15-16-24(28(23)25)29-31-26-17-14-21(18-27(26)32(29)30)19-8-3-1-4-9-19;33-30-25-17-23(20-10-5-2-6-11-20)16-22-12-7-13-24(28(22)25)29-31-26-18-21(14-15-27(26)32(29)30)19-8-3-1-4-9-19/h3*1-18H. The second-order valence-electron chi connectivity index (χ2n) is 25.2. The zero-order valence-electron chi connectivity index (χ0n) is 53.1. The van der Waals surface area contributed by atoms with E-state index >= 15 is 0 Å². The molecule has 6 aromatic heterocycles. The average molecular weight is 1270 g/mol. The van der Waals surface area contributed by atoms with Gasteiger partial charge in [-0.1, -0.05) is 261 Å². The van der Waals surface area contributed by atoms with Crippen molar-refractivity contribution in [2.45, 2.75) is 0 Å². The highest BCUT2D eigenvalue weighted by atomic mass is 16.1. The Labute approximate surface area is 565 Å². The third kappa shape index (κ3) is 9.17. The largest absolute Gasteiger partial charge is 0.268 e. The monoisotopic (exact) mass is 1270 g/mol. The fraction of sp³-hybridized carbons (Fsp3) is 0. The van der Waals surface area contributed by atoms with Crippen LogP contribution < -0.4 is 16.7 Å². The van der Waals surface area contributed by atoms with Gasteiger partial charge in [-0.2, -0.15) is 0 Å². The van der Waals surface area contributed by atoms with Gasteiger partial charge in [0.1, 0.15) is 16.9 Å². The predicted molar refractivity (Wildman–Crippen MR) is 408 cm³/mol. The normalized spacial score (nSPS) is 11.8. The van der Waals surface area contributed by atoms with Crippen LogP contribution in [-0.4, -0.2) is 28.2 Å². The lowest BCUT2D eigenvalue weighted by Gasteiger charge is -2.12. The van der Waals surface area contributed by atoms with E-state index in [9.17, 15) is 14.4 Å². The van der Waals surface area contributed by atoms with Crippen LogP contribution in [0.5, 0.6) is 0 Å². The first-order valence-electron chi connectivity index (χ1n) is 33.1. The van der Waals surface area contributed by atoms with Gasteiger partial charge in [-0.15, -0.1) is 0 Å². The van der Waals surface area contributed by atoms with Crippen molar-refractivity contribution in [1.29, 1.82) is 0 Å². The minimum Gasteiger partial charge on any atom is -0.268 e. The summed E-state index contributed by atoms with van der Waals surface area (Å²) in [5.74, 6) is 0. The van der Waals surface area contributed by atoms with Crippen molar-refractivity contribution in [3.63, 3.8) is 0 Å². The summed E-state index contributed by atoms with van der Waals surface area (Å²) in [5.41, 5.74) is 20.3. The maximum Gasteiger partial charge on any atom is 0.264 e. The smallest absolute Gasteiger partial charge is 0.264 e. The first-order valence-corrected chi connectivity index (χ1v) is 33.1. The fourth-order valence-electron chi connectivity index (χ4n) is 15.1. The van der Waals surface area contributed by atoms with Crippen LogP contribution in [0, 0.1) is 0 Å². The second kappa shape index (κ2) is 22.9. The van der Waals surface area contributed by atoms with E-state index in [4.69, 9.17) is 15.0 Å². The Bertz CT molecular complexity index is 6910. The van der Waals surface area contributed by atoms with Gasteiger partial charge in [0.25, 0.3) is 16.7 Å². The number of nitrogens with zero attached hydrogens (tertiary/aromatic N) is 6. The third-order valence-corrected chi connectivity index (χ3v) is 19.7. The number of para-hydroxylation sites is 1. The van der Waals surface area contributed by atoms with Crippen LogP contribution in [0.2, 0.25) is 0 Å². The summed E-state index contributed by atoms with van der Waals surface area (Å²) >= 11 is 0. The molecular formula is C90H54N6O3. The van der Waals surface area contributed by atoms with E-state index in [0.717, 1.165) is 164 Å². The number of aromatic nitrogens is 6. The highest BCUT2D eigenvalue weighted by molar-refractivity contribution is 6.21. The van der Waals surface area contributed by atoms with E-state index in [2.05, 4.69) is 158 Å². The lowest BCUT2D eigenvalue weighted by molar-refractivity contribution is 1.19. The Morgan fingerprint density at radius 1 is 0.212 bits per heavy atom. The Kier molecular flexibility index (Phi) is 13.2. The van der Waals surface area contributed by atoms with E-state index < -0.39 is 0 Å². The molecule has 0 N–H and O–H groups in total. The fourth-order valence-corrected chi connectivity index (χ4v) is 15.1. The van der Waals surface area contributed by atoms with Crippen molar-refractivity contribution in [2.24, 2.45) is 0 Å². The Hall–Kier alpha value is -13.5. The summed E-state index contributed by atoms with van der Waals surface area (Å²) in [7, 11) is 0. The van der Waals surface area contributed by atoms with Gasteiger partial charge >= 0.3 is 0 Å².